The highest BCUT2D eigenvalue weighted by atomic mass is 16.5. The van der Waals surface area contributed by atoms with Gasteiger partial charge >= 0.3 is 0 Å². The van der Waals surface area contributed by atoms with E-state index in [1.807, 2.05) is 32.0 Å². The first-order valence-corrected chi connectivity index (χ1v) is 10.0. The lowest BCUT2D eigenvalue weighted by Crippen LogP contribution is -2.48. The Morgan fingerprint density at radius 1 is 1.23 bits per heavy atom. The summed E-state index contributed by atoms with van der Waals surface area (Å²) in [5.41, 5.74) is 2.90. The van der Waals surface area contributed by atoms with Gasteiger partial charge in [-0.2, -0.15) is 10.4 Å². The highest BCUT2D eigenvalue weighted by Crippen LogP contribution is 2.31. The lowest BCUT2D eigenvalue weighted by molar-refractivity contribution is -0.125. The summed E-state index contributed by atoms with van der Waals surface area (Å²) < 4.78 is 7.53. The third kappa shape index (κ3) is 4.01. The van der Waals surface area contributed by atoms with Gasteiger partial charge in [-0.1, -0.05) is 0 Å². The predicted molar refractivity (Wildman–Crippen MR) is 117 cm³/mol. The normalized spacial score (nSPS) is 13.8. The number of anilines is 1. The molecule has 8 nitrogen and oxygen atoms in total. The van der Waals surface area contributed by atoms with E-state index in [0.29, 0.717) is 37.5 Å². The standard InChI is InChI=1S/C23H22N6O2/c1-4-22(30)28-9-7-27(8-10-28)21-6-5-17(13-25-21)20-11-19(31-16(2)3)15-29-23(20)18(12-24)14-26-29/h1,5-6,11,13-16H,7-10H2,2-3H3. The molecule has 0 saturated carbocycles. The molecule has 3 aromatic heterocycles. The number of piperazine rings is 1. The lowest BCUT2D eigenvalue weighted by Gasteiger charge is -2.34. The van der Waals surface area contributed by atoms with Gasteiger partial charge in [-0.05, 0) is 38.0 Å². The van der Waals surface area contributed by atoms with E-state index in [1.54, 1.807) is 28.0 Å². The first-order chi connectivity index (χ1) is 15.0. The summed E-state index contributed by atoms with van der Waals surface area (Å²) in [5, 5.41) is 13.8. The van der Waals surface area contributed by atoms with Crippen LogP contribution in [0.25, 0.3) is 16.6 Å². The van der Waals surface area contributed by atoms with Crippen LogP contribution in [0.2, 0.25) is 0 Å². The molecule has 3 aromatic rings. The SMILES string of the molecule is C#CC(=O)N1CCN(c2ccc(-c3cc(OC(C)C)cn4ncc(C#N)c34)cn2)CC1. The molecule has 0 aromatic carbocycles. The van der Waals surface area contributed by atoms with E-state index in [1.165, 1.54) is 0 Å². The number of nitrogens with zero attached hydrogens (tertiary/aromatic N) is 6. The van der Waals surface area contributed by atoms with E-state index in [9.17, 15) is 10.1 Å². The molecular formula is C23H22N6O2. The molecule has 1 fully saturated rings. The largest absolute Gasteiger partial charge is 0.489 e. The molecule has 0 unspecified atom stereocenters. The summed E-state index contributed by atoms with van der Waals surface area (Å²) in [6.45, 7) is 6.40. The van der Waals surface area contributed by atoms with Crippen molar-refractivity contribution in [3.63, 3.8) is 0 Å². The molecule has 0 bridgehead atoms. The van der Waals surface area contributed by atoms with E-state index in [0.717, 1.165) is 22.5 Å². The molecule has 4 heterocycles. The number of ether oxygens (including phenoxy) is 1. The fraction of sp³-hybridized carbons (Fsp3) is 0.304. The smallest absolute Gasteiger partial charge is 0.298 e. The summed E-state index contributed by atoms with van der Waals surface area (Å²) >= 11 is 0. The number of carbonyl (C=O) groups is 1. The van der Waals surface area contributed by atoms with Crippen molar-refractivity contribution in [3.8, 4) is 35.3 Å². The third-order valence-corrected chi connectivity index (χ3v) is 5.15. The Kier molecular flexibility index (Phi) is 5.46. The summed E-state index contributed by atoms with van der Waals surface area (Å²) in [5.74, 6) is 3.39. The molecule has 0 atom stereocenters. The molecule has 0 spiro atoms. The van der Waals surface area contributed by atoms with Crippen LogP contribution in [0.5, 0.6) is 5.75 Å². The molecule has 1 amide bonds. The molecule has 4 rings (SSSR count). The van der Waals surface area contributed by atoms with E-state index in [-0.39, 0.29) is 12.0 Å². The first-order valence-electron chi connectivity index (χ1n) is 10.0. The van der Waals surface area contributed by atoms with Gasteiger partial charge in [-0.3, -0.25) is 4.79 Å². The molecule has 1 aliphatic heterocycles. The van der Waals surface area contributed by atoms with Gasteiger partial charge in [-0.25, -0.2) is 9.50 Å². The summed E-state index contributed by atoms with van der Waals surface area (Å²) in [7, 11) is 0. The van der Waals surface area contributed by atoms with E-state index in [4.69, 9.17) is 11.2 Å². The van der Waals surface area contributed by atoms with Crippen molar-refractivity contribution in [2.24, 2.45) is 0 Å². The van der Waals surface area contributed by atoms with Crippen LogP contribution in [0.1, 0.15) is 19.4 Å². The zero-order valence-electron chi connectivity index (χ0n) is 17.4. The summed E-state index contributed by atoms with van der Waals surface area (Å²) in [4.78, 5) is 20.1. The van der Waals surface area contributed by atoms with Gasteiger partial charge in [0.2, 0.25) is 0 Å². The molecule has 0 aliphatic carbocycles. The number of terminal acetylenes is 1. The van der Waals surface area contributed by atoms with Crippen LogP contribution in [-0.4, -0.2) is 57.7 Å². The number of fused-ring (bicyclic) bond motifs is 1. The number of amides is 1. The Morgan fingerprint density at radius 2 is 2.00 bits per heavy atom. The van der Waals surface area contributed by atoms with Crippen molar-refractivity contribution >= 4 is 17.2 Å². The Balaban J connectivity index is 1.63. The minimum atomic E-state index is -0.274. The number of carbonyl (C=O) groups excluding carboxylic acids is 1. The molecule has 8 heteroatoms. The lowest BCUT2D eigenvalue weighted by atomic mass is 10.1. The Bertz CT molecular complexity index is 1190. The van der Waals surface area contributed by atoms with Crippen molar-refractivity contribution in [1.82, 2.24) is 19.5 Å². The first kappa shape index (κ1) is 20.2. The van der Waals surface area contributed by atoms with Crippen LogP contribution in [0.4, 0.5) is 5.82 Å². The van der Waals surface area contributed by atoms with Crippen LogP contribution in [-0.2, 0) is 4.79 Å². The highest BCUT2D eigenvalue weighted by Gasteiger charge is 2.21. The summed E-state index contributed by atoms with van der Waals surface area (Å²) in [6.07, 6.45) is 10.3. The molecule has 0 radical (unpaired) electrons. The van der Waals surface area contributed by atoms with Crippen molar-refractivity contribution in [2.45, 2.75) is 20.0 Å². The second kappa shape index (κ2) is 8.37. The van der Waals surface area contributed by atoms with Gasteiger partial charge in [-0.15, -0.1) is 6.42 Å². The monoisotopic (exact) mass is 414 g/mol. The highest BCUT2D eigenvalue weighted by molar-refractivity contribution is 5.93. The zero-order chi connectivity index (χ0) is 22.0. The number of hydrogen-bond acceptors (Lipinski definition) is 6. The maximum atomic E-state index is 11.7. The van der Waals surface area contributed by atoms with E-state index in [2.05, 4.69) is 27.0 Å². The third-order valence-electron chi connectivity index (χ3n) is 5.15. The molecule has 31 heavy (non-hydrogen) atoms. The van der Waals surface area contributed by atoms with Crippen LogP contribution >= 0.6 is 0 Å². The minimum absolute atomic E-state index is 0.0109. The van der Waals surface area contributed by atoms with E-state index >= 15 is 0 Å². The van der Waals surface area contributed by atoms with E-state index < -0.39 is 0 Å². The fourth-order valence-corrected chi connectivity index (χ4v) is 3.70. The molecular weight excluding hydrogens is 392 g/mol. The van der Waals surface area contributed by atoms with Gasteiger partial charge in [0.05, 0.1) is 29.6 Å². The van der Waals surface area contributed by atoms with Crippen molar-refractivity contribution in [1.29, 1.82) is 5.26 Å². The van der Waals surface area contributed by atoms with Crippen molar-refractivity contribution < 1.29 is 9.53 Å². The second-order valence-electron chi connectivity index (χ2n) is 7.55. The number of pyridine rings is 2. The fourth-order valence-electron chi connectivity index (χ4n) is 3.70. The maximum absolute atomic E-state index is 11.7. The number of aromatic nitrogens is 3. The van der Waals surface area contributed by atoms with Crippen molar-refractivity contribution in [2.75, 3.05) is 31.1 Å². The molecule has 1 saturated heterocycles. The number of hydrogen-bond donors (Lipinski definition) is 0. The molecule has 1 aliphatic rings. The predicted octanol–water partition coefficient (Wildman–Crippen LogP) is 2.34. The van der Waals surface area contributed by atoms with Gasteiger partial charge in [0.15, 0.2) is 0 Å². The molecule has 0 N–H and O–H groups in total. The second-order valence-corrected chi connectivity index (χ2v) is 7.55. The average molecular weight is 414 g/mol. The average Bonchev–Trinajstić information content (AvgIpc) is 3.21. The minimum Gasteiger partial charge on any atom is -0.489 e. The zero-order valence-corrected chi connectivity index (χ0v) is 17.4. The Hall–Kier alpha value is -4.04. The van der Waals surface area contributed by atoms with Crippen molar-refractivity contribution in [3.05, 3.63) is 42.4 Å². The van der Waals surface area contributed by atoms with Crippen LogP contribution in [0.3, 0.4) is 0 Å². The topological polar surface area (TPSA) is 86.8 Å². The van der Waals surface area contributed by atoms with Gasteiger partial charge in [0.25, 0.3) is 5.91 Å². The van der Waals surface area contributed by atoms with Crippen LogP contribution in [0.15, 0.2) is 36.8 Å². The Labute approximate surface area is 180 Å². The van der Waals surface area contributed by atoms with Gasteiger partial charge in [0.1, 0.15) is 17.6 Å². The van der Waals surface area contributed by atoms with Gasteiger partial charge < -0.3 is 14.5 Å². The molecule has 156 valence electrons. The number of nitriles is 1. The summed E-state index contributed by atoms with van der Waals surface area (Å²) in [6, 6.07) is 8.04. The number of rotatable bonds is 4. The Morgan fingerprint density at radius 3 is 2.61 bits per heavy atom. The van der Waals surface area contributed by atoms with Crippen LogP contribution in [0, 0.1) is 23.7 Å². The van der Waals surface area contributed by atoms with Crippen LogP contribution < -0.4 is 9.64 Å². The quantitative estimate of drug-likeness (QED) is 0.609. The van der Waals surface area contributed by atoms with Gasteiger partial charge in [0, 0.05) is 43.5 Å². The maximum Gasteiger partial charge on any atom is 0.298 e.